The monoisotopic (exact) mass is 522 g/mol. The van der Waals surface area contributed by atoms with Crippen molar-refractivity contribution in [3.8, 4) is 22.6 Å². The Balaban J connectivity index is 1.24. The summed E-state index contributed by atoms with van der Waals surface area (Å²) in [7, 11) is 0. The number of benzene rings is 3. The Bertz CT molecular complexity index is 1630. The van der Waals surface area contributed by atoms with Gasteiger partial charge in [0.05, 0.1) is 22.3 Å². The van der Waals surface area contributed by atoms with Crippen LogP contribution in [-0.4, -0.2) is 32.9 Å². The number of ether oxygens (including phenoxy) is 1. The highest BCUT2D eigenvalue weighted by molar-refractivity contribution is 7.14. The van der Waals surface area contributed by atoms with E-state index in [1.807, 2.05) is 0 Å². The molecule has 1 amide bonds. The quantitative estimate of drug-likeness (QED) is 0.269. The molecular formula is C26H17F3N4O3S. The van der Waals surface area contributed by atoms with Gasteiger partial charge < -0.3 is 9.72 Å². The van der Waals surface area contributed by atoms with Crippen LogP contribution in [0.3, 0.4) is 0 Å². The standard InChI is InChI=1S/C26H17F3N4O3S/c1-13(24(34)33-26-32-22(12-37-26)15-4-8-18(28)19(29)10-15)36-25(35)16-5-9-20-21(11-16)31-23(30-20)14-2-6-17(27)7-3-14/h2-13H,1H3,(H,30,31)(H,32,33,34). The number of H-pyrrole nitrogens is 1. The number of esters is 1. The lowest BCUT2D eigenvalue weighted by Gasteiger charge is -2.12. The predicted molar refractivity (Wildman–Crippen MR) is 132 cm³/mol. The van der Waals surface area contributed by atoms with E-state index in [0.717, 1.165) is 23.5 Å². The number of nitrogens with zero attached hydrogens (tertiary/aromatic N) is 2. The zero-order valence-electron chi connectivity index (χ0n) is 19.1. The highest BCUT2D eigenvalue weighted by Gasteiger charge is 2.21. The van der Waals surface area contributed by atoms with Crippen molar-refractivity contribution >= 4 is 39.4 Å². The number of halogens is 3. The maximum atomic E-state index is 13.5. The van der Waals surface area contributed by atoms with E-state index < -0.39 is 29.6 Å². The molecule has 7 nitrogen and oxygen atoms in total. The largest absolute Gasteiger partial charge is 0.449 e. The van der Waals surface area contributed by atoms with Crippen molar-refractivity contribution in [1.82, 2.24) is 15.0 Å². The fourth-order valence-electron chi connectivity index (χ4n) is 3.49. The van der Waals surface area contributed by atoms with E-state index in [-0.39, 0.29) is 16.5 Å². The Morgan fingerprint density at radius 2 is 1.70 bits per heavy atom. The number of carbonyl (C=O) groups is 2. The number of amides is 1. The molecule has 2 N–H and O–H groups in total. The van der Waals surface area contributed by atoms with E-state index in [4.69, 9.17) is 4.74 Å². The van der Waals surface area contributed by atoms with Gasteiger partial charge >= 0.3 is 5.97 Å². The number of hydrogen-bond donors (Lipinski definition) is 2. The van der Waals surface area contributed by atoms with Crippen LogP contribution in [0.15, 0.2) is 66.0 Å². The molecule has 2 aromatic heterocycles. The van der Waals surface area contributed by atoms with E-state index >= 15 is 0 Å². The summed E-state index contributed by atoms with van der Waals surface area (Å²) >= 11 is 1.09. The molecule has 5 rings (SSSR count). The second kappa shape index (κ2) is 9.86. The molecule has 2 heterocycles. The summed E-state index contributed by atoms with van der Waals surface area (Å²) in [5.41, 5.74) is 2.77. The van der Waals surface area contributed by atoms with E-state index in [1.165, 1.54) is 31.2 Å². The first-order valence-electron chi connectivity index (χ1n) is 11.0. The third kappa shape index (κ3) is 5.21. The number of nitrogens with one attached hydrogen (secondary N) is 2. The van der Waals surface area contributed by atoms with Gasteiger partial charge in [0.2, 0.25) is 0 Å². The normalized spacial score (nSPS) is 11.9. The van der Waals surface area contributed by atoms with E-state index in [9.17, 15) is 22.8 Å². The minimum atomic E-state index is -1.14. The smallest absolute Gasteiger partial charge is 0.338 e. The van der Waals surface area contributed by atoms with Gasteiger partial charge in [0, 0.05) is 16.5 Å². The van der Waals surface area contributed by atoms with Crippen LogP contribution in [0.1, 0.15) is 17.3 Å². The zero-order chi connectivity index (χ0) is 26.1. The Labute approximate surface area is 212 Å². The Morgan fingerprint density at radius 3 is 2.46 bits per heavy atom. The molecular weight excluding hydrogens is 505 g/mol. The van der Waals surface area contributed by atoms with Gasteiger partial charge in [-0.3, -0.25) is 10.1 Å². The summed E-state index contributed by atoms with van der Waals surface area (Å²) in [6.07, 6.45) is -1.14. The molecule has 0 bridgehead atoms. The lowest BCUT2D eigenvalue weighted by molar-refractivity contribution is -0.123. The number of thiazole rings is 1. The Hall–Kier alpha value is -4.51. The fourth-order valence-corrected chi connectivity index (χ4v) is 4.21. The molecule has 11 heteroatoms. The van der Waals surface area contributed by atoms with Gasteiger partial charge in [-0.05, 0) is 67.6 Å². The van der Waals surface area contributed by atoms with Crippen LogP contribution in [-0.2, 0) is 9.53 Å². The highest BCUT2D eigenvalue weighted by Crippen LogP contribution is 2.26. The molecule has 1 unspecified atom stereocenters. The third-order valence-corrected chi connectivity index (χ3v) is 6.20. The number of anilines is 1. The molecule has 0 radical (unpaired) electrons. The van der Waals surface area contributed by atoms with Gasteiger partial charge in [-0.1, -0.05) is 0 Å². The number of hydrogen-bond acceptors (Lipinski definition) is 6. The van der Waals surface area contributed by atoms with E-state index in [0.29, 0.717) is 33.7 Å². The molecule has 0 aliphatic carbocycles. The van der Waals surface area contributed by atoms with Crippen molar-refractivity contribution < 1.29 is 27.5 Å². The number of rotatable bonds is 6. The molecule has 0 saturated heterocycles. The summed E-state index contributed by atoms with van der Waals surface area (Å²) in [4.78, 5) is 36.9. The van der Waals surface area contributed by atoms with Crippen LogP contribution in [0, 0.1) is 17.5 Å². The molecule has 0 fully saturated rings. The fraction of sp³-hybridized carbons (Fsp3) is 0.0769. The maximum Gasteiger partial charge on any atom is 0.338 e. The summed E-state index contributed by atoms with van der Waals surface area (Å²) in [6.45, 7) is 1.42. The summed E-state index contributed by atoms with van der Waals surface area (Å²) in [5, 5.41) is 4.34. The van der Waals surface area contributed by atoms with Crippen LogP contribution in [0.5, 0.6) is 0 Å². The first-order valence-corrected chi connectivity index (χ1v) is 11.8. The molecule has 186 valence electrons. The van der Waals surface area contributed by atoms with Gasteiger partial charge in [0.15, 0.2) is 22.9 Å². The second-order valence-corrected chi connectivity index (χ2v) is 8.89. The number of aromatic nitrogens is 3. The van der Waals surface area contributed by atoms with Crippen molar-refractivity contribution in [2.24, 2.45) is 0 Å². The number of imidazole rings is 1. The van der Waals surface area contributed by atoms with Gasteiger partial charge in [-0.25, -0.2) is 27.9 Å². The molecule has 0 spiro atoms. The molecule has 0 aliphatic rings. The SMILES string of the molecule is CC(OC(=O)c1ccc2nc(-c3ccc(F)cc3)[nH]c2c1)C(=O)Nc1nc(-c2ccc(F)c(F)c2)cs1. The molecule has 0 saturated carbocycles. The highest BCUT2D eigenvalue weighted by atomic mass is 32.1. The molecule has 5 aromatic rings. The van der Waals surface area contributed by atoms with Crippen LogP contribution >= 0.6 is 11.3 Å². The second-order valence-electron chi connectivity index (χ2n) is 8.03. The summed E-state index contributed by atoms with van der Waals surface area (Å²) in [6, 6.07) is 13.9. The van der Waals surface area contributed by atoms with E-state index in [1.54, 1.807) is 29.6 Å². The Kier molecular flexibility index (Phi) is 6.45. The summed E-state index contributed by atoms with van der Waals surface area (Å²) < 4.78 is 45.1. The lowest BCUT2D eigenvalue weighted by atomic mass is 10.2. The first-order chi connectivity index (χ1) is 17.8. The van der Waals surface area contributed by atoms with Gasteiger partial charge in [-0.15, -0.1) is 11.3 Å². The summed E-state index contributed by atoms with van der Waals surface area (Å²) in [5.74, 6) is -3.15. The van der Waals surface area contributed by atoms with E-state index in [2.05, 4.69) is 20.3 Å². The molecule has 3 aromatic carbocycles. The number of fused-ring (bicyclic) bond motifs is 1. The van der Waals surface area contributed by atoms with Crippen molar-refractivity contribution in [2.45, 2.75) is 13.0 Å². The van der Waals surface area contributed by atoms with Gasteiger partial charge in [0.1, 0.15) is 11.6 Å². The van der Waals surface area contributed by atoms with Crippen LogP contribution < -0.4 is 5.32 Å². The molecule has 0 aliphatic heterocycles. The van der Waals surface area contributed by atoms with Gasteiger partial charge in [0.25, 0.3) is 5.91 Å². The third-order valence-electron chi connectivity index (χ3n) is 5.44. The minimum Gasteiger partial charge on any atom is -0.449 e. The average Bonchev–Trinajstić information content (AvgIpc) is 3.52. The topological polar surface area (TPSA) is 97.0 Å². The molecule has 37 heavy (non-hydrogen) atoms. The van der Waals surface area contributed by atoms with Crippen molar-refractivity contribution in [3.63, 3.8) is 0 Å². The Morgan fingerprint density at radius 1 is 0.946 bits per heavy atom. The maximum absolute atomic E-state index is 13.5. The van der Waals surface area contributed by atoms with Gasteiger partial charge in [-0.2, -0.15) is 0 Å². The first kappa shape index (κ1) is 24.2. The van der Waals surface area contributed by atoms with Crippen molar-refractivity contribution in [2.75, 3.05) is 5.32 Å². The number of aromatic amines is 1. The minimum absolute atomic E-state index is 0.205. The number of carbonyl (C=O) groups excluding carboxylic acids is 2. The molecule has 1 atom stereocenters. The van der Waals surface area contributed by atoms with Crippen LogP contribution in [0.2, 0.25) is 0 Å². The average molecular weight is 523 g/mol. The van der Waals surface area contributed by atoms with Crippen LogP contribution in [0.4, 0.5) is 18.3 Å². The zero-order valence-corrected chi connectivity index (χ0v) is 19.9. The van der Waals surface area contributed by atoms with Crippen molar-refractivity contribution in [3.05, 3.63) is 89.1 Å². The van der Waals surface area contributed by atoms with Crippen LogP contribution in [0.25, 0.3) is 33.7 Å². The predicted octanol–water partition coefficient (Wildman–Crippen LogP) is 5.95. The van der Waals surface area contributed by atoms with Crippen molar-refractivity contribution in [1.29, 1.82) is 0 Å². The lowest BCUT2D eigenvalue weighted by Crippen LogP contribution is -2.29.